The zero-order chi connectivity index (χ0) is 18.9. The van der Waals surface area contributed by atoms with E-state index in [9.17, 15) is 9.90 Å². The number of pyridine rings is 1. The second-order valence-corrected chi connectivity index (χ2v) is 6.98. The number of para-hydroxylation sites is 1. The van der Waals surface area contributed by atoms with Crippen molar-refractivity contribution in [3.05, 3.63) is 78.0 Å². The van der Waals surface area contributed by atoms with Gasteiger partial charge in [-0.2, -0.15) is 0 Å². The molecule has 0 aliphatic heterocycles. The van der Waals surface area contributed by atoms with Crippen LogP contribution in [0.15, 0.2) is 66.7 Å². The van der Waals surface area contributed by atoms with E-state index >= 15 is 0 Å². The Hall–Kier alpha value is -3.14. The lowest BCUT2D eigenvalue weighted by molar-refractivity contribution is -0.112. The van der Waals surface area contributed by atoms with E-state index in [-0.39, 0.29) is 17.1 Å². The van der Waals surface area contributed by atoms with E-state index in [0.717, 1.165) is 22.3 Å². The molecule has 0 unspecified atom stereocenters. The molecule has 26 heavy (non-hydrogen) atoms. The highest BCUT2D eigenvalue weighted by molar-refractivity contribution is 6.02. The van der Waals surface area contributed by atoms with Crippen LogP contribution in [0.3, 0.4) is 0 Å². The monoisotopic (exact) mass is 346 g/mol. The fraction of sp³-hybridized carbons (Fsp3) is 0.182. The van der Waals surface area contributed by atoms with Gasteiger partial charge in [0.05, 0.1) is 5.69 Å². The van der Waals surface area contributed by atoms with Crippen molar-refractivity contribution in [3.63, 3.8) is 0 Å². The molecule has 1 amide bonds. The third-order valence-corrected chi connectivity index (χ3v) is 4.59. The van der Waals surface area contributed by atoms with Gasteiger partial charge in [-0.3, -0.25) is 4.79 Å². The van der Waals surface area contributed by atoms with Crippen LogP contribution in [-0.4, -0.2) is 16.0 Å². The van der Waals surface area contributed by atoms with Gasteiger partial charge in [0, 0.05) is 22.1 Å². The minimum Gasteiger partial charge on any atom is -0.506 e. The number of fused-ring (bicyclic) bond motifs is 1. The Bertz CT molecular complexity index is 989. The number of amides is 1. The van der Waals surface area contributed by atoms with Crippen molar-refractivity contribution >= 4 is 22.5 Å². The lowest BCUT2D eigenvalue weighted by Crippen LogP contribution is -2.20. The lowest BCUT2D eigenvalue weighted by atomic mass is 9.81. The van der Waals surface area contributed by atoms with Crippen molar-refractivity contribution < 1.29 is 9.90 Å². The third-order valence-electron chi connectivity index (χ3n) is 4.59. The lowest BCUT2D eigenvalue weighted by Gasteiger charge is -2.25. The molecule has 0 aliphatic rings. The molecule has 0 fully saturated rings. The average Bonchev–Trinajstić information content (AvgIpc) is 2.62. The number of carbonyl (C=O) groups is 1. The Morgan fingerprint density at radius 3 is 2.42 bits per heavy atom. The van der Waals surface area contributed by atoms with Crippen molar-refractivity contribution in [2.75, 3.05) is 5.32 Å². The standard InChI is InChI=1S/C22H22N2O2/c1-14(2)21(26)23-17-11-9-16(10-12-17)22(3,4)19-13-8-15-6-5-7-18(25)20(15)24-19/h5-13,25H,1H2,2-4H3,(H,23,26). The topological polar surface area (TPSA) is 62.2 Å². The molecular weight excluding hydrogens is 324 g/mol. The molecule has 3 rings (SSSR count). The minimum atomic E-state index is -0.354. The highest BCUT2D eigenvalue weighted by Crippen LogP contribution is 2.33. The quantitative estimate of drug-likeness (QED) is 0.668. The summed E-state index contributed by atoms with van der Waals surface area (Å²) in [5.41, 5.74) is 3.37. The maximum Gasteiger partial charge on any atom is 0.250 e. The molecule has 0 saturated carbocycles. The zero-order valence-corrected chi connectivity index (χ0v) is 15.2. The molecule has 4 nitrogen and oxygen atoms in total. The number of nitrogens with zero attached hydrogens (tertiary/aromatic N) is 1. The Kier molecular flexibility index (Phi) is 4.51. The van der Waals surface area contributed by atoms with Crippen molar-refractivity contribution in [2.45, 2.75) is 26.2 Å². The van der Waals surface area contributed by atoms with Gasteiger partial charge >= 0.3 is 0 Å². The van der Waals surface area contributed by atoms with Crippen LogP contribution < -0.4 is 5.32 Å². The first kappa shape index (κ1) is 17.7. The number of carbonyl (C=O) groups excluding carboxylic acids is 1. The highest BCUT2D eigenvalue weighted by atomic mass is 16.3. The fourth-order valence-corrected chi connectivity index (χ4v) is 2.84. The van der Waals surface area contributed by atoms with Gasteiger partial charge in [0.1, 0.15) is 11.3 Å². The second kappa shape index (κ2) is 6.64. The summed E-state index contributed by atoms with van der Waals surface area (Å²) in [6, 6.07) is 17.0. The van der Waals surface area contributed by atoms with Gasteiger partial charge in [-0.1, -0.05) is 50.8 Å². The first-order valence-electron chi connectivity index (χ1n) is 8.45. The van der Waals surface area contributed by atoms with E-state index in [1.165, 1.54) is 0 Å². The molecule has 0 radical (unpaired) electrons. The summed E-state index contributed by atoms with van der Waals surface area (Å²) in [7, 11) is 0. The number of anilines is 1. The smallest absolute Gasteiger partial charge is 0.250 e. The number of aromatic nitrogens is 1. The van der Waals surface area contributed by atoms with Gasteiger partial charge in [-0.05, 0) is 36.8 Å². The summed E-state index contributed by atoms with van der Waals surface area (Å²) in [5.74, 6) is -0.0123. The van der Waals surface area contributed by atoms with Crippen LogP contribution in [0.25, 0.3) is 10.9 Å². The molecule has 0 atom stereocenters. The SMILES string of the molecule is C=C(C)C(=O)Nc1ccc(C(C)(C)c2ccc3cccc(O)c3n2)cc1. The highest BCUT2D eigenvalue weighted by Gasteiger charge is 2.25. The number of nitrogens with one attached hydrogen (secondary N) is 1. The molecule has 0 saturated heterocycles. The van der Waals surface area contributed by atoms with E-state index in [0.29, 0.717) is 11.1 Å². The van der Waals surface area contributed by atoms with Crippen LogP contribution in [0.5, 0.6) is 5.75 Å². The van der Waals surface area contributed by atoms with Gasteiger partial charge in [-0.15, -0.1) is 0 Å². The fourth-order valence-electron chi connectivity index (χ4n) is 2.84. The van der Waals surface area contributed by atoms with E-state index < -0.39 is 0 Å². The molecule has 0 spiro atoms. The van der Waals surface area contributed by atoms with Crippen molar-refractivity contribution in [1.29, 1.82) is 0 Å². The van der Waals surface area contributed by atoms with Crippen LogP contribution in [-0.2, 0) is 10.2 Å². The number of hydrogen-bond donors (Lipinski definition) is 2. The number of benzene rings is 2. The molecule has 3 aromatic rings. The van der Waals surface area contributed by atoms with E-state index in [1.807, 2.05) is 48.5 Å². The van der Waals surface area contributed by atoms with Gasteiger partial charge < -0.3 is 10.4 Å². The Balaban J connectivity index is 1.93. The first-order valence-corrected chi connectivity index (χ1v) is 8.45. The van der Waals surface area contributed by atoms with E-state index in [4.69, 9.17) is 0 Å². The predicted molar refractivity (Wildman–Crippen MR) is 105 cm³/mol. The molecule has 2 N–H and O–H groups in total. The van der Waals surface area contributed by atoms with Crippen molar-refractivity contribution in [1.82, 2.24) is 4.98 Å². The first-order chi connectivity index (χ1) is 12.3. The predicted octanol–water partition coefficient (Wildman–Crippen LogP) is 4.78. The molecular formula is C22H22N2O2. The van der Waals surface area contributed by atoms with Crippen molar-refractivity contribution in [3.8, 4) is 5.75 Å². The number of aromatic hydroxyl groups is 1. The van der Waals surface area contributed by atoms with Gasteiger partial charge in [-0.25, -0.2) is 4.98 Å². The normalized spacial score (nSPS) is 11.3. The molecule has 1 heterocycles. The van der Waals surface area contributed by atoms with E-state index in [1.54, 1.807) is 13.0 Å². The number of phenolic OH excluding ortho intramolecular Hbond substituents is 1. The largest absolute Gasteiger partial charge is 0.506 e. The van der Waals surface area contributed by atoms with Crippen LogP contribution in [0.2, 0.25) is 0 Å². The summed E-state index contributed by atoms with van der Waals surface area (Å²) < 4.78 is 0. The van der Waals surface area contributed by atoms with Crippen LogP contribution >= 0.6 is 0 Å². The van der Waals surface area contributed by atoms with Gasteiger partial charge in [0.25, 0.3) is 5.91 Å². The number of rotatable bonds is 4. The second-order valence-electron chi connectivity index (χ2n) is 6.98. The summed E-state index contributed by atoms with van der Waals surface area (Å²) >= 11 is 0. The van der Waals surface area contributed by atoms with Crippen LogP contribution in [0.1, 0.15) is 32.0 Å². The number of hydrogen-bond acceptors (Lipinski definition) is 3. The van der Waals surface area contributed by atoms with Crippen LogP contribution in [0.4, 0.5) is 5.69 Å². The zero-order valence-electron chi connectivity index (χ0n) is 15.2. The summed E-state index contributed by atoms with van der Waals surface area (Å²) in [6.45, 7) is 9.49. The molecule has 0 bridgehead atoms. The summed E-state index contributed by atoms with van der Waals surface area (Å²) in [4.78, 5) is 16.4. The van der Waals surface area contributed by atoms with Gasteiger partial charge in [0.2, 0.25) is 0 Å². The van der Waals surface area contributed by atoms with Crippen LogP contribution in [0, 0.1) is 0 Å². The molecule has 132 valence electrons. The maximum absolute atomic E-state index is 11.7. The maximum atomic E-state index is 11.7. The summed E-state index contributed by atoms with van der Waals surface area (Å²) in [6.07, 6.45) is 0. The van der Waals surface area contributed by atoms with E-state index in [2.05, 4.69) is 30.7 Å². The molecule has 0 aliphatic carbocycles. The third kappa shape index (κ3) is 3.31. The Labute approximate surface area is 153 Å². The minimum absolute atomic E-state index is 0.179. The Morgan fingerprint density at radius 2 is 1.77 bits per heavy atom. The Morgan fingerprint density at radius 1 is 1.08 bits per heavy atom. The molecule has 2 aromatic carbocycles. The average molecular weight is 346 g/mol. The molecule has 1 aromatic heterocycles. The number of phenols is 1. The summed E-state index contributed by atoms with van der Waals surface area (Å²) in [5, 5.41) is 13.8. The van der Waals surface area contributed by atoms with Gasteiger partial charge in [0.15, 0.2) is 0 Å². The van der Waals surface area contributed by atoms with Crippen molar-refractivity contribution in [2.24, 2.45) is 0 Å². The molecule has 4 heteroatoms.